The smallest absolute Gasteiger partial charge is 0.0505 e. The van der Waals surface area contributed by atoms with Crippen molar-refractivity contribution >= 4 is 23.9 Å². The van der Waals surface area contributed by atoms with Crippen LogP contribution in [0.5, 0.6) is 0 Å². The highest BCUT2D eigenvalue weighted by Crippen LogP contribution is 2.34. The third kappa shape index (κ3) is 1.67. The Balaban J connectivity index is 2.56. The van der Waals surface area contributed by atoms with Crippen molar-refractivity contribution in [3.05, 3.63) is 29.8 Å². The SMILES string of the molecule is CC1=CC(C)(C)Nc2ccc(S)cc21. The van der Waals surface area contributed by atoms with Gasteiger partial charge in [-0.25, -0.2) is 0 Å². The maximum atomic E-state index is 4.35. The highest BCUT2D eigenvalue weighted by Gasteiger charge is 2.21. The molecule has 74 valence electrons. The van der Waals surface area contributed by atoms with E-state index in [1.54, 1.807) is 0 Å². The van der Waals surface area contributed by atoms with Gasteiger partial charge in [-0.15, -0.1) is 12.6 Å². The van der Waals surface area contributed by atoms with Crippen LogP contribution in [-0.4, -0.2) is 5.54 Å². The molecule has 1 heterocycles. The van der Waals surface area contributed by atoms with E-state index in [0.717, 1.165) is 4.90 Å². The first kappa shape index (κ1) is 9.66. The zero-order valence-corrected chi connectivity index (χ0v) is 9.65. The van der Waals surface area contributed by atoms with Crippen LogP contribution in [0.3, 0.4) is 0 Å². The number of allylic oxidation sites excluding steroid dienone is 1. The molecule has 1 aliphatic heterocycles. The van der Waals surface area contributed by atoms with Crippen LogP contribution in [0.25, 0.3) is 5.57 Å². The summed E-state index contributed by atoms with van der Waals surface area (Å²) < 4.78 is 0. The van der Waals surface area contributed by atoms with Gasteiger partial charge in [0.15, 0.2) is 0 Å². The molecule has 1 aromatic rings. The lowest BCUT2D eigenvalue weighted by molar-refractivity contribution is 0.707. The molecular weight excluding hydrogens is 190 g/mol. The van der Waals surface area contributed by atoms with Gasteiger partial charge >= 0.3 is 0 Å². The van der Waals surface area contributed by atoms with E-state index >= 15 is 0 Å². The summed E-state index contributed by atoms with van der Waals surface area (Å²) in [6.07, 6.45) is 2.25. The predicted octanol–water partition coefficient (Wildman–Crippen LogP) is 3.58. The van der Waals surface area contributed by atoms with Gasteiger partial charge in [0.2, 0.25) is 0 Å². The van der Waals surface area contributed by atoms with Gasteiger partial charge in [0.05, 0.1) is 5.54 Å². The minimum Gasteiger partial charge on any atom is -0.376 e. The summed E-state index contributed by atoms with van der Waals surface area (Å²) in [6.45, 7) is 6.50. The van der Waals surface area contributed by atoms with E-state index in [-0.39, 0.29) is 5.54 Å². The van der Waals surface area contributed by atoms with Crippen LogP contribution >= 0.6 is 12.6 Å². The van der Waals surface area contributed by atoms with Crippen molar-refractivity contribution in [2.45, 2.75) is 31.2 Å². The van der Waals surface area contributed by atoms with E-state index in [0.29, 0.717) is 0 Å². The number of nitrogens with one attached hydrogen (secondary N) is 1. The Labute approximate surface area is 90.6 Å². The fraction of sp³-hybridized carbons (Fsp3) is 0.333. The van der Waals surface area contributed by atoms with Crippen LogP contribution in [0, 0.1) is 0 Å². The number of anilines is 1. The summed E-state index contributed by atoms with van der Waals surface area (Å²) >= 11 is 4.35. The molecule has 1 aliphatic rings. The van der Waals surface area contributed by atoms with E-state index in [4.69, 9.17) is 0 Å². The Morgan fingerprint density at radius 3 is 2.71 bits per heavy atom. The molecule has 0 unspecified atom stereocenters. The molecule has 0 aromatic heterocycles. The monoisotopic (exact) mass is 205 g/mol. The summed E-state index contributed by atoms with van der Waals surface area (Å²) in [4.78, 5) is 1.01. The van der Waals surface area contributed by atoms with E-state index in [1.165, 1.54) is 16.8 Å². The third-order valence-electron chi connectivity index (χ3n) is 2.46. The number of thiol groups is 1. The van der Waals surface area contributed by atoms with Crippen molar-refractivity contribution < 1.29 is 0 Å². The fourth-order valence-electron chi connectivity index (χ4n) is 1.97. The Kier molecular flexibility index (Phi) is 2.11. The van der Waals surface area contributed by atoms with Crippen molar-refractivity contribution in [3.63, 3.8) is 0 Å². The van der Waals surface area contributed by atoms with Gasteiger partial charge in [0.25, 0.3) is 0 Å². The molecule has 1 aromatic carbocycles. The second-order valence-corrected chi connectivity index (χ2v) is 4.92. The molecule has 2 rings (SSSR count). The number of benzene rings is 1. The molecular formula is C12H15NS. The van der Waals surface area contributed by atoms with Crippen LogP contribution in [0.4, 0.5) is 5.69 Å². The lowest BCUT2D eigenvalue weighted by Gasteiger charge is -2.31. The molecule has 0 radical (unpaired) electrons. The molecule has 0 bridgehead atoms. The minimum absolute atomic E-state index is 0.0508. The molecule has 14 heavy (non-hydrogen) atoms. The van der Waals surface area contributed by atoms with Gasteiger partial charge in [-0.1, -0.05) is 6.08 Å². The van der Waals surface area contributed by atoms with Crippen molar-refractivity contribution in [2.24, 2.45) is 0 Å². The largest absolute Gasteiger partial charge is 0.376 e. The molecule has 0 amide bonds. The predicted molar refractivity (Wildman–Crippen MR) is 65.0 cm³/mol. The Hall–Kier alpha value is -0.890. The standard InChI is InChI=1S/C12H15NS/c1-8-7-12(2,3)13-11-5-4-9(14)6-10(8)11/h4-7,13-14H,1-3H3. The van der Waals surface area contributed by atoms with Crippen molar-refractivity contribution in [2.75, 3.05) is 5.32 Å². The van der Waals surface area contributed by atoms with E-state index in [1.807, 2.05) is 6.07 Å². The Bertz CT molecular complexity index is 405. The van der Waals surface area contributed by atoms with Crippen molar-refractivity contribution in [1.82, 2.24) is 0 Å². The average Bonchev–Trinajstić information content (AvgIpc) is 2.05. The van der Waals surface area contributed by atoms with Crippen LogP contribution in [0.15, 0.2) is 29.2 Å². The van der Waals surface area contributed by atoms with Crippen molar-refractivity contribution in [3.8, 4) is 0 Å². The Morgan fingerprint density at radius 1 is 1.29 bits per heavy atom. The second kappa shape index (κ2) is 3.06. The van der Waals surface area contributed by atoms with Gasteiger partial charge in [-0.05, 0) is 44.5 Å². The highest BCUT2D eigenvalue weighted by atomic mass is 32.1. The minimum atomic E-state index is 0.0508. The lowest BCUT2D eigenvalue weighted by Crippen LogP contribution is -2.31. The fourth-order valence-corrected chi connectivity index (χ4v) is 2.17. The first-order valence-corrected chi connectivity index (χ1v) is 5.24. The molecule has 0 atom stereocenters. The molecule has 1 nitrogen and oxygen atoms in total. The molecule has 0 aliphatic carbocycles. The van der Waals surface area contributed by atoms with Gasteiger partial charge in [-0.3, -0.25) is 0 Å². The highest BCUT2D eigenvalue weighted by molar-refractivity contribution is 7.80. The van der Waals surface area contributed by atoms with Crippen LogP contribution < -0.4 is 5.32 Å². The maximum absolute atomic E-state index is 4.35. The topological polar surface area (TPSA) is 12.0 Å². The third-order valence-corrected chi connectivity index (χ3v) is 2.74. The number of rotatable bonds is 0. The number of hydrogen-bond acceptors (Lipinski definition) is 2. The van der Waals surface area contributed by atoms with Gasteiger partial charge < -0.3 is 5.32 Å². The van der Waals surface area contributed by atoms with Gasteiger partial charge in [0.1, 0.15) is 0 Å². The van der Waals surface area contributed by atoms with E-state index in [2.05, 4.69) is 56.9 Å². The number of hydrogen-bond donors (Lipinski definition) is 2. The zero-order valence-electron chi connectivity index (χ0n) is 8.76. The van der Waals surface area contributed by atoms with Crippen LogP contribution in [0.2, 0.25) is 0 Å². The lowest BCUT2D eigenvalue weighted by atomic mass is 9.91. The summed E-state index contributed by atoms with van der Waals surface area (Å²) in [7, 11) is 0. The Morgan fingerprint density at radius 2 is 2.00 bits per heavy atom. The molecule has 0 saturated carbocycles. The average molecular weight is 205 g/mol. The summed E-state index contributed by atoms with van der Waals surface area (Å²) in [6, 6.07) is 6.21. The van der Waals surface area contributed by atoms with Crippen LogP contribution in [0.1, 0.15) is 26.3 Å². The molecule has 1 N–H and O–H groups in total. The first-order chi connectivity index (χ1) is 6.48. The maximum Gasteiger partial charge on any atom is 0.0505 e. The first-order valence-electron chi connectivity index (χ1n) is 4.79. The normalized spacial score (nSPS) is 18.1. The second-order valence-electron chi connectivity index (χ2n) is 4.40. The summed E-state index contributed by atoms with van der Waals surface area (Å²) in [5.41, 5.74) is 3.83. The van der Waals surface area contributed by atoms with Crippen molar-refractivity contribution in [1.29, 1.82) is 0 Å². The van der Waals surface area contributed by atoms with E-state index in [9.17, 15) is 0 Å². The van der Waals surface area contributed by atoms with Crippen LogP contribution in [-0.2, 0) is 0 Å². The molecule has 0 saturated heterocycles. The quantitative estimate of drug-likeness (QED) is 0.617. The van der Waals surface area contributed by atoms with Gasteiger partial charge in [0, 0.05) is 16.1 Å². The molecule has 0 fully saturated rings. The zero-order chi connectivity index (χ0) is 10.3. The van der Waals surface area contributed by atoms with E-state index < -0.39 is 0 Å². The molecule has 0 spiro atoms. The van der Waals surface area contributed by atoms with Gasteiger partial charge in [-0.2, -0.15) is 0 Å². The summed E-state index contributed by atoms with van der Waals surface area (Å²) in [5, 5.41) is 3.48. The molecule has 2 heteroatoms. The number of fused-ring (bicyclic) bond motifs is 1. The summed E-state index contributed by atoms with van der Waals surface area (Å²) in [5.74, 6) is 0.